The van der Waals surface area contributed by atoms with Crippen LogP contribution in [0.2, 0.25) is 0 Å². The first-order chi connectivity index (χ1) is 10.4. The van der Waals surface area contributed by atoms with E-state index in [2.05, 4.69) is 9.17 Å². The van der Waals surface area contributed by atoms with Crippen molar-refractivity contribution in [1.29, 1.82) is 0 Å². The Morgan fingerprint density at radius 2 is 2.17 bits per heavy atom. The first-order valence-corrected chi connectivity index (χ1v) is 7.88. The molecule has 1 amide bonds. The van der Waals surface area contributed by atoms with Crippen LogP contribution in [0.5, 0.6) is 0 Å². The van der Waals surface area contributed by atoms with Gasteiger partial charge in [0.1, 0.15) is 12.8 Å². The van der Waals surface area contributed by atoms with E-state index in [1.54, 1.807) is 0 Å². The van der Waals surface area contributed by atoms with Crippen molar-refractivity contribution in [3.05, 3.63) is 22.1 Å². The summed E-state index contributed by atoms with van der Waals surface area (Å²) >= 11 is 0. The van der Waals surface area contributed by atoms with Gasteiger partial charge in [-0.3, -0.25) is 8.98 Å². The first kappa shape index (κ1) is 18.9. The van der Waals surface area contributed by atoms with E-state index >= 15 is 0 Å². The maximum Gasteiger partial charge on any atom is 0.343 e. The quantitative estimate of drug-likeness (QED) is 0.395. The minimum atomic E-state index is -3.83. The number of rotatable bonds is 8. The van der Waals surface area contributed by atoms with Gasteiger partial charge < -0.3 is 15.4 Å². The third-order valence-corrected chi connectivity index (χ3v) is 2.95. The summed E-state index contributed by atoms with van der Waals surface area (Å²) in [5, 5.41) is 12.8. The van der Waals surface area contributed by atoms with Gasteiger partial charge in [-0.25, -0.2) is 13.8 Å². The average Bonchev–Trinajstić information content (AvgIpc) is 2.75. The highest BCUT2D eigenvalue weighted by Gasteiger charge is 2.26. The van der Waals surface area contributed by atoms with E-state index in [0.717, 1.165) is 17.0 Å². The maximum atomic E-state index is 12.7. The highest BCUT2D eigenvalue weighted by atomic mass is 32.2. The molecule has 13 heteroatoms. The van der Waals surface area contributed by atoms with Gasteiger partial charge >= 0.3 is 5.82 Å². The number of hydrogen-bond donors (Lipinski definition) is 1. The Bertz CT molecular complexity index is 697. The molecule has 1 rings (SSSR count). The van der Waals surface area contributed by atoms with Crippen LogP contribution in [-0.4, -0.2) is 47.5 Å². The van der Waals surface area contributed by atoms with E-state index in [0.29, 0.717) is 6.92 Å². The number of nitrogens with one attached hydrogen (secondary N) is 1. The molecule has 0 saturated heterocycles. The fraction of sp³-hybridized carbons (Fsp3) is 0.600. The molecule has 1 aromatic heterocycles. The number of carbonyl (C=O) groups is 1. The number of halogens is 2. The molecule has 0 atom stereocenters. The van der Waals surface area contributed by atoms with Crippen LogP contribution in [0.1, 0.15) is 12.7 Å². The summed E-state index contributed by atoms with van der Waals surface area (Å²) in [5.41, 5.74) is 0. The Morgan fingerprint density at radius 3 is 2.65 bits per heavy atom. The molecule has 0 aliphatic carbocycles. The summed E-state index contributed by atoms with van der Waals surface area (Å²) in [6.45, 7) is -1.67. The van der Waals surface area contributed by atoms with Crippen molar-refractivity contribution in [2.24, 2.45) is 0 Å². The Kier molecular flexibility index (Phi) is 5.71. The lowest BCUT2D eigenvalue weighted by Crippen LogP contribution is -2.36. The van der Waals surface area contributed by atoms with Crippen LogP contribution in [0.15, 0.2) is 6.20 Å². The SMILES string of the molecule is CC(F)(F)CNC(=O)Cn1c([N+](=O)[O-])cnc1COS(C)(=O)=O. The van der Waals surface area contributed by atoms with E-state index in [-0.39, 0.29) is 5.82 Å². The van der Waals surface area contributed by atoms with Crippen LogP contribution in [-0.2, 0) is 32.2 Å². The summed E-state index contributed by atoms with van der Waals surface area (Å²) in [7, 11) is -3.83. The smallest absolute Gasteiger partial charge is 0.343 e. The number of carbonyl (C=O) groups excluding carboxylic acids is 1. The van der Waals surface area contributed by atoms with Crippen LogP contribution in [0.4, 0.5) is 14.6 Å². The summed E-state index contributed by atoms with van der Waals surface area (Å²) in [4.78, 5) is 25.2. The van der Waals surface area contributed by atoms with Crippen LogP contribution in [0.25, 0.3) is 0 Å². The second kappa shape index (κ2) is 6.95. The van der Waals surface area contributed by atoms with Crippen molar-refractivity contribution in [3.8, 4) is 0 Å². The molecule has 1 heterocycles. The van der Waals surface area contributed by atoms with Crippen LogP contribution < -0.4 is 5.32 Å². The Morgan fingerprint density at radius 1 is 1.57 bits per heavy atom. The van der Waals surface area contributed by atoms with Gasteiger partial charge in [-0.2, -0.15) is 13.0 Å². The third kappa shape index (κ3) is 6.65. The zero-order valence-electron chi connectivity index (χ0n) is 12.2. The van der Waals surface area contributed by atoms with E-state index < -0.39 is 52.4 Å². The lowest BCUT2D eigenvalue weighted by atomic mass is 10.4. The summed E-state index contributed by atoms with van der Waals surface area (Å²) in [6.07, 6.45) is 1.58. The number of aromatic nitrogens is 2. The monoisotopic (exact) mass is 356 g/mol. The molecule has 1 N–H and O–H groups in total. The Labute approximate surface area is 129 Å². The highest BCUT2D eigenvalue weighted by Crippen LogP contribution is 2.16. The van der Waals surface area contributed by atoms with Gasteiger partial charge in [0, 0.05) is 6.92 Å². The number of nitro groups is 1. The van der Waals surface area contributed by atoms with Crippen molar-refractivity contribution in [2.45, 2.75) is 26.0 Å². The van der Waals surface area contributed by atoms with Gasteiger partial charge in [-0.05, 0) is 4.92 Å². The molecule has 0 unspecified atom stereocenters. The van der Waals surface area contributed by atoms with Gasteiger partial charge in [0.25, 0.3) is 21.9 Å². The van der Waals surface area contributed by atoms with Crippen LogP contribution >= 0.6 is 0 Å². The van der Waals surface area contributed by atoms with Crippen molar-refractivity contribution in [3.63, 3.8) is 0 Å². The molecule has 0 fully saturated rings. The normalized spacial score (nSPS) is 12.2. The largest absolute Gasteiger partial charge is 0.358 e. The molecule has 0 aliphatic heterocycles. The lowest BCUT2D eigenvalue weighted by Gasteiger charge is -2.11. The molecule has 10 nitrogen and oxygen atoms in total. The summed E-state index contributed by atoms with van der Waals surface area (Å²) in [6, 6.07) is 0. The Hall–Kier alpha value is -2.15. The molecular formula is C10H14F2N4O6S. The lowest BCUT2D eigenvalue weighted by molar-refractivity contribution is -0.392. The molecule has 23 heavy (non-hydrogen) atoms. The van der Waals surface area contributed by atoms with Gasteiger partial charge in [-0.15, -0.1) is 0 Å². The van der Waals surface area contributed by atoms with Gasteiger partial charge in [0.15, 0.2) is 6.54 Å². The average molecular weight is 356 g/mol. The zero-order chi connectivity index (χ0) is 17.8. The van der Waals surface area contributed by atoms with Crippen LogP contribution in [0.3, 0.4) is 0 Å². The fourth-order valence-corrected chi connectivity index (χ4v) is 1.77. The topological polar surface area (TPSA) is 133 Å². The minimum Gasteiger partial charge on any atom is -0.358 e. The van der Waals surface area contributed by atoms with Gasteiger partial charge in [0.2, 0.25) is 5.82 Å². The van der Waals surface area contributed by atoms with E-state index in [1.165, 1.54) is 0 Å². The zero-order valence-corrected chi connectivity index (χ0v) is 13.0. The van der Waals surface area contributed by atoms with E-state index in [4.69, 9.17) is 0 Å². The second-order valence-electron chi connectivity index (χ2n) is 4.69. The predicted octanol–water partition coefficient (Wildman–Crippen LogP) is 0.0389. The van der Waals surface area contributed by atoms with Crippen molar-refractivity contribution < 1.29 is 31.1 Å². The minimum absolute atomic E-state index is 0.208. The summed E-state index contributed by atoms with van der Waals surface area (Å²) < 4.78 is 52.4. The molecule has 0 radical (unpaired) electrons. The second-order valence-corrected chi connectivity index (χ2v) is 6.33. The number of hydrogen-bond acceptors (Lipinski definition) is 7. The van der Waals surface area contributed by atoms with Crippen molar-refractivity contribution in [1.82, 2.24) is 14.9 Å². The van der Waals surface area contributed by atoms with Crippen molar-refractivity contribution in [2.75, 3.05) is 12.8 Å². The molecule has 1 aromatic rings. The van der Waals surface area contributed by atoms with E-state index in [1.807, 2.05) is 5.32 Å². The third-order valence-electron chi connectivity index (χ3n) is 2.40. The molecule has 0 bridgehead atoms. The molecule has 0 saturated carbocycles. The van der Waals surface area contributed by atoms with Crippen LogP contribution in [0, 0.1) is 10.1 Å². The molecule has 0 aliphatic rings. The van der Waals surface area contributed by atoms with Crippen molar-refractivity contribution >= 4 is 21.8 Å². The fourth-order valence-electron chi connectivity index (χ4n) is 1.45. The number of imidazole rings is 1. The maximum absolute atomic E-state index is 12.7. The Balaban J connectivity index is 2.91. The predicted molar refractivity (Wildman–Crippen MR) is 72.1 cm³/mol. The van der Waals surface area contributed by atoms with E-state index in [9.17, 15) is 32.1 Å². The van der Waals surface area contributed by atoms with Gasteiger partial charge in [0.05, 0.1) is 12.8 Å². The van der Waals surface area contributed by atoms with Gasteiger partial charge in [-0.1, -0.05) is 0 Å². The number of amides is 1. The molecule has 0 aromatic carbocycles. The summed E-state index contributed by atoms with van der Waals surface area (Å²) in [5.74, 6) is -4.87. The first-order valence-electron chi connectivity index (χ1n) is 6.07. The molecule has 130 valence electrons. The number of alkyl halides is 2. The number of nitrogens with zero attached hydrogens (tertiary/aromatic N) is 3. The molecular weight excluding hydrogens is 342 g/mol. The molecule has 0 spiro atoms. The highest BCUT2D eigenvalue weighted by molar-refractivity contribution is 7.85. The standard InChI is InChI=1S/C10H14F2N4O6S/c1-10(11,12)6-14-8(17)4-15-7(5-22-23(2,20)21)13-3-9(15)16(18)19/h3H,4-6H2,1-2H3,(H,14,17).